The van der Waals surface area contributed by atoms with E-state index in [0.717, 1.165) is 53.5 Å². The topological polar surface area (TPSA) is 79.5 Å². The number of piperidine rings is 1. The number of pyridine rings is 1. The lowest BCUT2D eigenvalue weighted by molar-refractivity contribution is -0.123. The number of benzene rings is 2. The molecule has 3 aromatic rings. The van der Waals surface area contributed by atoms with Gasteiger partial charge in [0.1, 0.15) is 5.75 Å². The van der Waals surface area contributed by atoms with Gasteiger partial charge in [0.05, 0.1) is 5.52 Å². The third-order valence-electron chi connectivity index (χ3n) is 5.48. The predicted octanol–water partition coefficient (Wildman–Crippen LogP) is 3.96. The molecule has 2 heterocycles. The fourth-order valence-electron chi connectivity index (χ4n) is 3.87. The summed E-state index contributed by atoms with van der Waals surface area (Å²) in [5, 5.41) is 12.0. The van der Waals surface area contributed by atoms with Crippen molar-refractivity contribution in [2.24, 2.45) is 11.7 Å². The van der Waals surface area contributed by atoms with Crippen LogP contribution >= 0.6 is 11.6 Å². The number of carbonyl (C=O) groups excluding carboxylic acids is 1. The molecule has 1 aliphatic heterocycles. The Hall–Kier alpha value is -2.63. The maximum Gasteiger partial charge on any atom is 0.220 e. The highest BCUT2D eigenvalue weighted by Gasteiger charge is 2.23. The normalized spacial score (nSPS) is 15.8. The monoisotopic (exact) mass is 395 g/mol. The maximum absolute atomic E-state index is 11.4. The lowest BCUT2D eigenvalue weighted by Crippen LogP contribution is -2.38. The minimum absolute atomic E-state index is 0.0359. The number of halogens is 1. The van der Waals surface area contributed by atoms with Crippen molar-refractivity contribution in [2.75, 3.05) is 13.1 Å². The first kappa shape index (κ1) is 18.7. The summed E-state index contributed by atoms with van der Waals surface area (Å²) in [6.45, 7) is 2.24. The first-order chi connectivity index (χ1) is 13.5. The molecule has 1 fully saturated rings. The summed E-state index contributed by atoms with van der Waals surface area (Å²) in [4.78, 5) is 18.0. The minimum Gasteiger partial charge on any atom is -0.508 e. The Kier molecular flexibility index (Phi) is 5.20. The van der Waals surface area contributed by atoms with Crippen LogP contribution in [-0.4, -0.2) is 34.0 Å². The van der Waals surface area contributed by atoms with Crippen LogP contribution in [0.2, 0.25) is 5.02 Å². The van der Waals surface area contributed by atoms with E-state index < -0.39 is 0 Å². The molecule has 6 heteroatoms. The number of amides is 1. The third kappa shape index (κ3) is 3.81. The highest BCUT2D eigenvalue weighted by atomic mass is 35.5. The van der Waals surface area contributed by atoms with Crippen LogP contribution in [0.5, 0.6) is 5.75 Å². The Bertz CT molecular complexity index is 1030. The molecule has 5 nitrogen and oxygen atoms in total. The van der Waals surface area contributed by atoms with E-state index in [4.69, 9.17) is 17.3 Å². The van der Waals surface area contributed by atoms with Gasteiger partial charge in [0.2, 0.25) is 5.91 Å². The second kappa shape index (κ2) is 7.78. The molecule has 28 heavy (non-hydrogen) atoms. The smallest absolute Gasteiger partial charge is 0.220 e. The Balaban J connectivity index is 1.61. The third-order valence-corrected chi connectivity index (χ3v) is 5.71. The van der Waals surface area contributed by atoms with Gasteiger partial charge in [0.15, 0.2) is 0 Å². The van der Waals surface area contributed by atoms with Gasteiger partial charge in [-0.1, -0.05) is 23.7 Å². The van der Waals surface area contributed by atoms with Crippen LogP contribution in [0, 0.1) is 5.92 Å². The van der Waals surface area contributed by atoms with Crippen molar-refractivity contribution in [3.8, 4) is 16.9 Å². The first-order valence-corrected chi connectivity index (χ1v) is 9.77. The number of phenols is 1. The molecule has 0 unspecified atom stereocenters. The van der Waals surface area contributed by atoms with Crippen molar-refractivity contribution >= 4 is 28.4 Å². The van der Waals surface area contributed by atoms with E-state index in [1.165, 1.54) is 0 Å². The van der Waals surface area contributed by atoms with E-state index in [9.17, 15) is 9.90 Å². The van der Waals surface area contributed by atoms with E-state index in [1.54, 1.807) is 12.3 Å². The lowest BCUT2D eigenvalue weighted by Gasteiger charge is -2.30. The minimum atomic E-state index is -0.214. The Morgan fingerprint density at radius 1 is 1.18 bits per heavy atom. The zero-order valence-electron chi connectivity index (χ0n) is 15.4. The average molecular weight is 396 g/mol. The van der Waals surface area contributed by atoms with E-state index >= 15 is 0 Å². The van der Waals surface area contributed by atoms with Gasteiger partial charge in [-0.3, -0.25) is 14.7 Å². The number of aromatic nitrogens is 1. The van der Waals surface area contributed by atoms with E-state index in [-0.39, 0.29) is 17.6 Å². The zero-order chi connectivity index (χ0) is 19.7. The zero-order valence-corrected chi connectivity index (χ0v) is 16.2. The molecule has 1 amide bonds. The van der Waals surface area contributed by atoms with Crippen molar-refractivity contribution in [3.05, 3.63) is 59.2 Å². The number of fused-ring (bicyclic) bond motifs is 1. The number of aromatic hydroxyl groups is 1. The molecule has 0 bridgehead atoms. The number of hydrogen-bond donors (Lipinski definition) is 2. The standard InChI is InChI=1S/C22H22ClN3O2/c23-17-2-3-19-18(5-8-25-20(19)12-17)15-1-4-21(27)16(11-15)13-26-9-6-14(7-10-26)22(24)28/h1-5,8,11-12,14,27H,6-7,9-10,13H2,(H2,24,28). The van der Waals surface area contributed by atoms with Crippen LogP contribution in [0.1, 0.15) is 18.4 Å². The number of primary amides is 1. The Morgan fingerprint density at radius 2 is 1.96 bits per heavy atom. The number of nitrogens with zero attached hydrogens (tertiary/aromatic N) is 2. The highest BCUT2D eigenvalue weighted by molar-refractivity contribution is 6.31. The summed E-state index contributed by atoms with van der Waals surface area (Å²) in [7, 11) is 0. The molecular formula is C22H22ClN3O2. The Morgan fingerprint density at radius 3 is 2.71 bits per heavy atom. The number of phenolic OH excluding ortho intramolecular Hbond substituents is 1. The molecule has 0 radical (unpaired) electrons. The van der Waals surface area contributed by atoms with Crippen molar-refractivity contribution in [3.63, 3.8) is 0 Å². The maximum atomic E-state index is 11.4. The summed E-state index contributed by atoms with van der Waals surface area (Å²) in [5.41, 5.74) is 9.20. The number of hydrogen-bond acceptors (Lipinski definition) is 4. The fraction of sp³-hybridized carbons (Fsp3) is 0.273. The molecule has 1 aliphatic rings. The molecule has 144 valence electrons. The van der Waals surface area contributed by atoms with Crippen molar-refractivity contribution in [1.82, 2.24) is 9.88 Å². The van der Waals surface area contributed by atoms with Gasteiger partial charge in [-0.05, 0) is 67.4 Å². The number of carbonyl (C=O) groups is 1. The molecule has 3 N–H and O–H groups in total. The SMILES string of the molecule is NC(=O)C1CCN(Cc2cc(-c3ccnc4cc(Cl)ccc34)ccc2O)CC1. The number of nitrogens with two attached hydrogens (primary N) is 1. The van der Waals surface area contributed by atoms with Crippen molar-refractivity contribution < 1.29 is 9.90 Å². The molecular weight excluding hydrogens is 374 g/mol. The van der Waals surface area contributed by atoms with Crippen LogP contribution in [0.3, 0.4) is 0 Å². The van der Waals surface area contributed by atoms with Crippen LogP contribution in [0.25, 0.3) is 22.0 Å². The van der Waals surface area contributed by atoms with Gasteiger partial charge >= 0.3 is 0 Å². The van der Waals surface area contributed by atoms with Crippen LogP contribution in [-0.2, 0) is 11.3 Å². The number of rotatable bonds is 4. The Labute approximate surface area is 168 Å². The molecule has 0 atom stereocenters. The number of likely N-dealkylation sites (tertiary alicyclic amines) is 1. The summed E-state index contributed by atoms with van der Waals surface area (Å²) < 4.78 is 0. The van der Waals surface area contributed by atoms with E-state index in [1.807, 2.05) is 36.4 Å². The highest BCUT2D eigenvalue weighted by Crippen LogP contribution is 2.32. The summed E-state index contributed by atoms with van der Waals surface area (Å²) in [5.74, 6) is 0.0301. The van der Waals surface area contributed by atoms with Crippen LogP contribution in [0.15, 0.2) is 48.7 Å². The van der Waals surface area contributed by atoms with Gasteiger partial charge in [-0.2, -0.15) is 0 Å². The van der Waals surface area contributed by atoms with Gasteiger partial charge < -0.3 is 10.8 Å². The molecule has 1 saturated heterocycles. The quantitative estimate of drug-likeness (QED) is 0.700. The molecule has 2 aromatic carbocycles. The van der Waals surface area contributed by atoms with Crippen molar-refractivity contribution in [2.45, 2.75) is 19.4 Å². The second-order valence-electron chi connectivity index (χ2n) is 7.32. The largest absolute Gasteiger partial charge is 0.508 e. The van der Waals surface area contributed by atoms with E-state index in [2.05, 4.69) is 9.88 Å². The average Bonchev–Trinajstić information content (AvgIpc) is 2.69. The summed E-state index contributed by atoms with van der Waals surface area (Å²) in [6.07, 6.45) is 3.31. The first-order valence-electron chi connectivity index (χ1n) is 9.39. The molecule has 0 saturated carbocycles. The van der Waals surface area contributed by atoms with Crippen LogP contribution < -0.4 is 5.73 Å². The summed E-state index contributed by atoms with van der Waals surface area (Å²) >= 11 is 6.09. The van der Waals surface area contributed by atoms with Gasteiger partial charge in [0.25, 0.3) is 0 Å². The van der Waals surface area contributed by atoms with E-state index in [0.29, 0.717) is 11.6 Å². The molecule has 0 aliphatic carbocycles. The molecule has 4 rings (SSSR count). The van der Waals surface area contributed by atoms with Gasteiger partial charge in [0, 0.05) is 34.6 Å². The fourth-order valence-corrected chi connectivity index (χ4v) is 4.04. The second-order valence-corrected chi connectivity index (χ2v) is 7.75. The van der Waals surface area contributed by atoms with Crippen molar-refractivity contribution in [1.29, 1.82) is 0 Å². The molecule has 0 spiro atoms. The summed E-state index contributed by atoms with van der Waals surface area (Å²) in [6, 6.07) is 13.3. The predicted molar refractivity (Wildman–Crippen MR) is 111 cm³/mol. The van der Waals surface area contributed by atoms with Gasteiger partial charge in [-0.15, -0.1) is 0 Å². The van der Waals surface area contributed by atoms with Crippen LogP contribution in [0.4, 0.5) is 0 Å². The van der Waals surface area contributed by atoms with Gasteiger partial charge in [-0.25, -0.2) is 0 Å². The molecule has 1 aromatic heterocycles. The lowest BCUT2D eigenvalue weighted by atomic mass is 9.95.